The number of primary amides is 1. The SMILES string of the molecule is Cc1[nH]nc(C(N)=O)c1NS(=O)(=O)c1ccc2ccccc2c1. The molecule has 4 N–H and O–H groups in total. The van der Waals surface area contributed by atoms with E-state index in [2.05, 4.69) is 14.9 Å². The Morgan fingerprint density at radius 1 is 1.17 bits per heavy atom. The van der Waals surface area contributed by atoms with Gasteiger partial charge in [-0.05, 0) is 29.8 Å². The van der Waals surface area contributed by atoms with Gasteiger partial charge in [0.2, 0.25) is 0 Å². The first kappa shape index (κ1) is 15.0. The van der Waals surface area contributed by atoms with Gasteiger partial charge < -0.3 is 5.73 Å². The molecule has 0 aliphatic carbocycles. The molecule has 2 aromatic carbocycles. The van der Waals surface area contributed by atoms with Crippen molar-refractivity contribution >= 4 is 32.4 Å². The van der Waals surface area contributed by atoms with Crippen molar-refractivity contribution in [3.63, 3.8) is 0 Å². The molecule has 0 aliphatic rings. The number of aromatic nitrogens is 2. The van der Waals surface area contributed by atoms with Crippen molar-refractivity contribution in [2.75, 3.05) is 4.72 Å². The summed E-state index contributed by atoms with van der Waals surface area (Å²) in [6, 6.07) is 12.2. The van der Waals surface area contributed by atoms with Crippen LogP contribution in [0.1, 0.15) is 16.2 Å². The zero-order chi connectivity index (χ0) is 16.6. The van der Waals surface area contributed by atoms with Gasteiger partial charge >= 0.3 is 0 Å². The van der Waals surface area contributed by atoms with Gasteiger partial charge in [-0.2, -0.15) is 5.10 Å². The predicted octanol–water partition coefficient (Wildman–Crippen LogP) is 1.77. The highest BCUT2D eigenvalue weighted by atomic mass is 32.2. The average molecular weight is 330 g/mol. The van der Waals surface area contributed by atoms with E-state index in [9.17, 15) is 13.2 Å². The smallest absolute Gasteiger partial charge is 0.271 e. The van der Waals surface area contributed by atoms with Crippen molar-refractivity contribution in [2.24, 2.45) is 5.73 Å². The number of nitrogens with two attached hydrogens (primary N) is 1. The van der Waals surface area contributed by atoms with E-state index >= 15 is 0 Å². The van der Waals surface area contributed by atoms with E-state index in [1.54, 1.807) is 19.1 Å². The Morgan fingerprint density at radius 3 is 2.57 bits per heavy atom. The maximum absolute atomic E-state index is 12.6. The Bertz CT molecular complexity index is 1010. The summed E-state index contributed by atoms with van der Waals surface area (Å²) in [4.78, 5) is 11.4. The highest BCUT2D eigenvalue weighted by molar-refractivity contribution is 7.92. The number of nitrogens with one attached hydrogen (secondary N) is 2. The molecule has 0 fully saturated rings. The molecule has 0 saturated heterocycles. The summed E-state index contributed by atoms with van der Waals surface area (Å²) in [5.74, 6) is -0.814. The number of fused-ring (bicyclic) bond motifs is 1. The van der Waals surface area contributed by atoms with Crippen LogP contribution in [0, 0.1) is 6.92 Å². The molecule has 1 heterocycles. The van der Waals surface area contributed by atoms with Gasteiger partial charge in [-0.15, -0.1) is 0 Å². The summed E-state index contributed by atoms with van der Waals surface area (Å²) >= 11 is 0. The molecule has 7 nitrogen and oxygen atoms in total. The van der Waals surface area contributed by atoms with E-state index in [0.717, 1.165) is 10.8 Å². The second-order valence-corrected chi connectivity index (χ2v) is 6.73. The maximum atomic E-state index is 12.6. The van der Waals surface area contributed by atoms with Gasteiger partial charge in [-0.1, -0.05) is 30.3 Å². The number of carbonyl (C=O) groups excluding carboxylic acids is 1. The van der Waals surface area contributed by atoms with Gasteiger partial charge in [-0.25, -0.2) is 8.42 Å². The van der Waals surface area contributed by atoms with Crippen molar-refractivity contribution < 1.29 is 13.2 Å². The number of aryl methyl sites for hydroxylation is 1. The molecule has 0 aliphatic heterocycles. The lowest BCUT2D eigenvalue weighted by molar-refractivity contribution is 0.0996. The van der Waals surface area contributed by atoms with Gasteiger partial charge in [0, 0.05) is 0 Å². The van der Waals surface area contributed by atoms with Crippen LogP contribution in [0.15, 0.2) is 47.4 Å². The second-order valence-electron chi connectivity index (χ2n) is 5.05. The number of H-pyrrole nitrogens is 1. The van der Waals surface area contributed by atoms with Crippen LogP contribution in [0.2, 0.25) is 0 Å². The normalized spacial score (nSPS) is 11.5. The van der Waals surface area contributed by atoms with Gasteiger partial charge in [0.15, 0.2) is 5.69 Å². The minimum atomic E-state index is -3.87. The Morgan fingerprint density at radius 2 is 1.87 bits per heavy atom. The van der Waals surface area contributed by atoms with Crippen molar-refractivity contribution in [1.82, 2.24) is 10.2 Å². The molecule has 0 unspecified atom stereocenters. The van der Waals surface area contributed by atoms with Crippen LogP contribution in [0.3, 0.4) is 0 Å². The summed E-state index contributed by atoms with van der Waals surface area (Å²) in [6.45, 7) is 1.59. The minimum absolute atomic E-state index is 0.0608. The standard InChI is InChI=1S/C15H14N4O3S/c1-9-13(14(15(16)20)18-17-9)19-23(21,22)12-7-6-10-4-2-3-5-11(10)8-12/h2-8,19H,1H3,(H2,16,20)(H,17,18). The Hall–Kier alpha value is -2.87. The number of hydrogen-bond acceptors (Lipinski definition) is 4. The van der Waals surface area contributed by atoms with E-state index in [4.69, 9.17) is 5.73 Å². The molecular formula is C15H14N4O3S. The summed E-state index contributed by atoms with van der Waals surface area (Å²) in [5.41, 5.74) is 5.52. The number of nitrogens with zero attached hydrogens (tertiary/aromatic N) is 1. The van der Waals surface area contributed by atoms with Crippen molar-refractivity contribution in [3.8, 4) is 0 Å². The molecule has 0 saturated carbocycles. The molecular weight excluding hydrogens is 316 g/mol. The number of rotatable bonds is 4. The molecule has 0 bridgehead atoms. The van der Waals surface area contributed by atoms with Crippen LogP contribution in [0.25, 0.3) is 10.8 Å². The molecule has 3 aromatic rings. The predicted molar refractivity (Wildman–Crippen MR) is 86.6 cm³/mol. The van der Waals surface area contributed by atoms with E-state index in [-0.39, 0.29) is 16.3 Å². The Balaban J connectivity index is 2.04. The van der Waals surface area contributed by atoms with Crippen molar-refractivity contribution in [2.45, 2.75) is 11.8 Å². The van der Waals surface area contributed by atoms with Crippen LogP contribution >= 0.6 is 0 Å². The van der Waals surface area contributed by atoms with E-state index < -0.39 is 15.9 Å². The fourth-order valence-electron chi connectivity index (χ4n) is 2.26. The fourth-order valence-corrected chi connectivity index (χ4v) is 3.43. The molecule has 23 heavy (non-hydrogen) atoms. The highest BCUT2D eigenvalue weighted by Gasteiger charge is 2.22. The number of carbonyl (C=O) groups is 1. The van der Waals surface area contributed by atoms with E-state index in [0.29, 0.717) is 5.69 Å². The number of anilines is 1. The zero-order valence-electron chi connectivity index (χ0n) is 12.2. The largest absolute Gasteiger partial charge is 0.364 e. The van der Waals surface area contributed by atoms with Gasteiger partial charge in [-0.3, -0.25) is 14.6 Å². The van der Waals surface area contributed by atoms with Crippen LogP contribution in [0.5, 0.6) is 0 Å². The van der Waals surface area contributed by atoms with E-state index in [1.807, 2.05) is 24.3 Å². The molecule has 0 atom stereocenters. The van der Waals surface area contributed by atoms with Crippen LogP contribution in [-0.2, 0) is 10.0 Å². The van der Waals surface area contributed by atoms with Gasteiger partial charge in [0.1, 0.15) is 5.69 Å². The first-order valence-electron chi connectivity index (χ1n) is 6.75. The molecule has 3 rings (SSSR count). The average Bonchev–Trinajstić information content (AvgIpc) is 2.87. The zero-order valence-corrected chi connectivity index (χ0v) is 13.0. The number of sulfonamides is 1. The monoisotopic (exact) mass is 330 g/mol. The number of benzene rings is 2. The topological polar surface area (TPSA) is 118 Å². The number of hydrogen-bond donors (Lipinski definition) is 3. The number of aromatic amines is 1. The van der Waals surface area contributed by atoms with Gasteiger partial charge in [0.25, 0.3) is 15.9 Å². The Labute approximate surface area is 132 Å². The molecule has 0 spiro atoms. The lowest BCUT2D eigenvalue weighted by Gasteiger charge is -2.09. The molecule has 118 valence electrons. The van der Waals surface area contributed by atoms with E-state index in [1.165, 1.54) is 6.07 Å². The molecule has 1 aromatic heterocycles. The summed E-state index contributed by atoms with van der Waals surface area (Å²) < 4.78 is 27.5. The lowest BCUT2D eigenvalue weighted by atomic mass is 10.1. The van der Waals surface area contributed by atoms with Crippen LogP contribution in [0.4, 0.5) is 5.69 Å². The first-order chi connectivity index (χ1) is 10.9. The second kappa shape index (κ2) is 5.40. The van der Waals surface area contributed by atoms with Crippen molar-refractivity contribution in [1.29, 1.82) is 0 Å². The highest BCUT2D eigenvalue weighted by Crippen LogP contribution is 2.24. The summed E-state index contributed by atoms with van der Waals surface area (Å²) in [5, 5.41) is 8.00. The number of amides is 1. The van der Waals surface area contributed by atoms with Crippen LogP contribution < -0.4 is 10.5 Å². The van der Waals surface area contributed by atoms with Crippen molar-refractivity contribution in [3.05, 3.63) is 53.9 Å². The lowest BCUT2D eigenvalue weighted by Crippen LogP contribution is -2.18. The fraction of sp³-hybridized carbons (Fsp3) is 0.0667. The third-order valence-electron chi connectivity index (χ3n) is 3.45. The molecule has 0 radical (unpaired) electrons. The summed E-state index contributed by atoms with van der Waals surface area (Å²) in [7, 11) is -3.87. The molecule has 8 heteroatoms. The maximum Gasteiger partial charge on any atom is 0.271 e. The first-order valence-corrected chi connectivity index (χ1v) is 8.23. The minimum Gasteiger partial charge on any atom is -0.364 e. The quantitative estimate of drug-likeness (QED) is 0.675. The van der Waals surface area contributed by atoms with Gasteiger partial charge in [0.05, 0.1) is 10.6 Å². The molecule has 1 amide bonds. The third kappa shape index (κ3) is 2.76. The Kier molecular flexibility index (Phi) is 3.53. The van der Waals surface area contributed by atoms with Crippen LogP contribution in [-0.4, -0.2) is 24.5 Å². The summed E-state index contributed by atoms with van der Waals surface area (Å²) in [6.07, 6.45) is 0. The third-order valence-corrected chi connectivity index (χ3v) is 4.80.